The molecule has 0 amide bonds. The highest BCUT2D eigenvalue weighted by atomic mass is 19.2. The van der Waals surface area contributed by atoms with E-state index >= 15 is 0 Å². The Morgan fingerprint density at radius 2 is 1.54 bits per heavy atom. The molecule has 1 nitrogen and oxygen atoms in total. The molecule has 0 unspecified atom stereocenters. The van der Waals surface area contributed by atoms with E-state index in [0.29, 0.717) is 5.75 Å². The number of rotatable bonds is 4. The van der Waals surface area contributed by atoms with E-state index in [4.69, 9.17) is 4.74 Å². The lowest BCUT2D eigenvalue weighted by molar-refractivity contribution is 0.505. The quantitative estimate of drug-likeness (QED) is 0.490. The minimum Gasteiger partial charge on any atom is -0.457 e. The zero-order valence-electron chi connectivity index (χ0n) is 14.4. The Morgan fingerprint density at radius 3 is 2.19 bits per heavy atom. The molecule has 0 aliphatic carbocycles. The van der Waals surface area contributed by atoms with Crippen LogP contribution in [0.5, 0.6) is 5.75 Å². The maximum absolute atomic E-state index is 14.5. The van der Waals surface area contributed by atoms with Gasteiger partial charge in [-0.3, -0.25) is 0 Å². The SMILES string of the molecule is C=C(Oc1ccc(C)cc1)c1ccc(-c2ccc(C)c(F)c2F)cc1F. The smallest absolute Gasteiger partial charge is 0.166 e. The highest BCUT2D eigenvalue weighted by Gasteiger charge is 2.15. The normalized spacial score (nSPS) is 10.7. The van der Waals surface area contributed by atoms with E-state index in [1.165, 1.54) is 31.2 Å². The molecule has 132 valence electrons. The van der Waals surface area contributed by atoms with Crippen LogP contribution in [-0.2, 0) is 0 Å². The van der Waals surface area contributed by atoms with Gasteiger partial charge in [0.25, 0.3) is 0 Å². The Bertz CT molecular complexity index is 975. The highest BCUT2D eigenvalue weighted by Crippen LogP contribution is 2.30. The van der Waals surface area contributed by atoms with Crippen LogP contribution in [0.2, 0.25) is 0 Å². The average Bonchev–Trinajstić information content (AvgIpc) is 2.61. The Balaban J connectivity index is 1.89. The molecule has 4 heteroatoms. The second-order valence-electron chi connectivity index (χ2n) is 6.09. The van der Waals surface area contributed by atoms with Crippen molar-refractivity contribution in [2.45, 2.75) is 13.8 Å². The Hall–Kier alpha value is -3.01. The van der Waals surface area contributed by atoms with Crippen molar-refractivity contribution in [2.75, 3.05) is 0 Å². The van der Waals surface area contributed by atoms with Crippen molar-refractivity contribution in [3.05, 3.63) is 95.3 Å². The fourth-order valence-corrected chi connectivity index (χ4v) is 2.58. The van der Waals surface area contributed by atoms with Gasteiger partial charge in [0, 0.05) is 5.56 Å². The van der Waals surface area contributed by atoms with Crippen LogP contribution in [0.25, 0.3) is 16.9 Å². The minimum atomic E-state index is -0.994. The lowest BCUT2D eigenvalue weighted by atomic mass is 10.0. The fraction of sp³-hybridized carbons (Fsp3) is 0.0909. The number of aryl methyl sites for hydroxylation is 2. The molecule has 0 aromatic heterocycles. The summed E-state index contributed by atoms with van der Waals surface area (Å²) in [5, 5.41) is 0. The van der Waals surface area contributed by atoms with Crippen molar-refractivity contribution in [3.63, 3.8) is 0 Å². The second-order valence-corrected chi connectivity index (χ2v) is 6.09. The van der Waals surface area contributed by atoms with E-state index in [-0.39, 0.29) is 28.0 Å². The van der Waals surface area contributed by atoms with Gasteiger partial charge in [-0.25, -0.2) is 13.2 Å². The zero-order valence-corrected chi connectivity index (χ0v) is 14.4. The molecule has 0 spiro atoms. The number of hydrogen-bond donors (Lipinski definition) is 0. The summed E-state index contributed by atoms with van der Waals surface area (Å²) in [5.41, 5.74) is 1.67. The van der Waals surface area contributed by atoms with E-state index in [2.05, 4.69) is 6.58 Å². The number of halogens is 3. The summed E-state index contributed by atoms with van der Waals surface area (Å²) in [7, 11) is 0. The predicted molar refractivity (Wildman–Crippen MR) is 97.3 cm³/mol. The molecule has 0 N–H and O–H groups in total. The van der Waals surface area contributed by atoms with Crippen LogP contribution in [0.15, 0.2) is 61.2 Å². The van der Waals surface area contributed by atoms with Crippen LogP contribution in [0.3, 0.4) is 0 Å². The van der Waals surface area contributed by atoms with Crippen LogP contribution < -0.4 is 4.74 Å². The summed E-state index contributed by atoms with van der Waals surface area (Å²) < 4.78 is 48.0. The van der Waals surface area contributed by atoms with Gasteiger partial charge in [-0.15, -0.1) is 0 Å². The molecule has 0 saturated carbocycles. The van der Waals surface area contributed by atoms with Gasteiger partial charge in [0.05, 0.1) is 5.56 Å². The third-order valence-electron chi connectivity index (χ3n) is 4.12. The van der Waals surface area contributed by atoms with Crippen molar-refractivity contribution in [3.8, 4) is 16.9 Å². The fourth-order valence-electron chi connectivity index (χ4n) is 2.58. The van der Waals surface area contributed by atoms with E-state index in [1.807, 2.05) is 19.1 Å². The standard InChI is InChI=1S/C22H17F3O/c1-13-4-8-17(9-5-13)26-15(3)18-11-7-16(12-20(18)23)19-10-6-14(2)21(24)22(19)25/h4-12H,3H2,1-2H3. The topological polar surface area (TPSA) is 9.23 Å². The van der Waals surface area contributed by atoms with Gasteiger partial charge in [0.15, 0.2) is 11.6 Å². The third-order valence-corrected chi connectivity index (χ3v) is 4.12. The largest absolute Gasteiger partial charge is 0.457 e. The highest BCUT2D eigenvalue weighted by molar-refractivity contribution is 5.69. The molecule has 3 aromatic rings. The van der Waals surface area contributed by atoms with E-state index in [9.17, 15) is 13.2 Å². The Kier molecular flexibility index (Phi) is 4.85. The molecule has 3 rings (SSSR count). The molecule has 0 fully saturated rings. The van der Waals surface area contributed by atoms with Gasteiger partial charge in [0.2, 0.25) is 0 Å². The monoisotopic (exact) mass is 354 g/mol. The van der Waals surface area contributed by atoms with Crippen molar-refractivity contribution in [2.24, 2.45) is 0 Å². The molecule has 0 aliphatic rings. The lowest BCUT2D eigenvalue weighted by Gasteiger charge is -2.12. The summed E-state index contributed by atoms with van der Waals surface area (Å²) in [5.74, 6) is -1.88. The molecular weight excluding hydrogens is 337 g/mol. The van der Waals surface area contributed by atoms with Gasteiger partial charge in [0.1, 0.15) is 17.3 Å². The molecule has 3 aromatic carbocycles. The van der Waals surface area contributed by atoms with Crippen LogP contribution in [0, 0.1) is 31.3 Å². The third kappa shape index (κ3) is 3.49. The molecule has 0 radical (unpaired) electrons. The zero-order chi connectivity index (χ0) is 18.8. The van der Waals surface area contributed by atoms with Crippen molar-refractivity contribution in [1.29, 1.82) is 0 Å². The molecule has 0 bridgehead atoms. The van der Waals surface area contributed by atoms with Crippen LogP contribution >= 0.6 is 0 Å². The maximum atomic E-state index is 14.5. The van der Waals surface area contributed by atoms with Crippen molar-refractivity contribution in [1.82, 2.24) is 0 Å². The first-order chi connectivity index (χ1) is 12.4. The van der Waals surface area contributed by atoms with E-state index < -0.39 is 17.5 Å². The van der Waals surface area contributed by atoms with Crippen molar-refractivity contribution >= 4 is 5.76 Å². The first-order valence-corrected chi connectivity index (χ1v) is 8.05. The lowest BCUT2D eigenvalue weighted by Crippen LogP contribution is -1.98. The predicted octanol–water partition coefficient (Wildman–Crippen LogP) is 6.44. The van der Waals surface area contributed by atoms with Crippen LogP contribution in [0.1, 0.15) is 16.7 Å². The van der Waals surface area contributed by atoms with Gasteiger partial charge in [-0.2, -0.15) is 0 Å². The minimum absolute atomic E-state index is 0.00335. The van der Waals surface area contributed by atoms with Crippen molar-refractivity contribution < 1.29 is 17.9 Å². The van der Waals surface area contributed by atoms with Gasteiger partial charge >= 0.3 is 0 Å². The van der Waals surface area contributed by atoms with Gasteiger partial charge < -0.3 is 4.74 Å². The van der Waals surface area contributed by atoms with Gasteiger partial charge in [-0.1, -0.05) is 42.5 Å². The Labute approximate surface area is 150 Å². The molecule has 26 heavy (non-hydrogen) atoms. The van der Waals surface area contributed by atoms with Crippen LogP contribution in [-0.4, -0.2) is 0 Å². The van der Waals surface area contributed by atoms with E-state index in [0.717, 1.165) is 11.6 Å². The summed E-state index contributed by atoms with van der Waals surface area (Å²) >= 11 is 0. The molecule has 0 saturated heterocycles. The summed E-state index contributed by atoms with van der Waals surface area (Å²) in [6, 6.07) is 14.3. The molecule has 0 heterocycles. The summed E-state index contributed by atoms with van der Waals surface area (Å²) in [6.07, 6.45) is 0. The first kappa shape index (κ1) is 17.8. The summed E-state index contributed by atoms with van der Waals surface area (Å²) in [6.45, 7) is 7.17. The molecule has 0 atom stereocenters. The molecule has 0 aliphatic heterocycles. The maximum Gasteiger partial charge on any atom is 0.166 e. The average molecular weight is 354 g/mol. The summed E-state index contributed by atoms with van der Waals surface area (Å²) in [4.78, 5) is 0. The number of hydrogen-bond acceptors (Lipinski definition) is 1. The number of benzene rings is 3. The second kappa shape index (κ2) is 7.08. The van der Waals surface area contributed by atoms with Crippen LogP contribution in [0.4, 0.5) is 13.2 Å². The number of ether oxygens (including phenoxy) is 1. The van der Waals surface area contributed by atoms with Gasteiger partial charge in [-0.05, 0) is 49.2 Å². The molecular formula is C22H17F3O. The van der Waals surface area contributed by atoms with E-state index in [1.54, 1.807) is 12.1 Å². The Morgan fingerprint density at radius 1 is 0.846 bits per heavy atom. The first-order valence-electron chi connectivity index (χ1n) is 8.05.